The van der Waals surface area contributed by atoms with E-state index < -0.39 is 0 Å². The Hall–Kier alpha value is -3.12. The van der Waals surface area contributed by atoms with Crippen LogP contribution in [0.15, 0.2) is 30.6 Å². The second-order valence-electron chi connectivity index (χ2n) is 5.43. The Labute approximate surface area is 134 Å². The summed E-state index contributed by atoms with van der Waals surface area (Å²) in [7, 11) is 0. The van der Waals surface area contributed by atoms with E-state index in [1.165, 1.54) is 6.20 Å². The highest BCUT2D eigenvalue weighted by atomic mass is 16.5. The Kier molecular flexibility index (Phi) is 4.07. The number of aryl methyl sites for hydroxylation is 1. The molecule has 0 N–H and O–H groups in total. The topological polar surface area (TPSA) is 85.8 Å². The first kappa shape index (κ1) is 14.8. The lowest BCUT2D eigenvalue weighted by atomic mass is 10.2. The highest BCUT2D eigenvalue weighted by Gasteiger charge is 2.26. The van der Waals surface area contributed by atoms with E-state index in [0.29, 0.717) is 23.6 Å². The van der Waals surface area contributed by atoms with Crippen molar-refractivity contribution in [2.45, 2.75) is 19.4 Å². The van der Waals surface area contributed by atoms with Gasteiger partial charge in [0.05, 0.1) is 23.4 Å². The largest absolute Gasteiger partial charge is 0.472 e. The minimum atomic E-state index is 0.00968. The highest BCUT2D eigenvalue weighted by molar-refractivity contribution is 5.59. The van der Waals surface area contributed by atoms with Crippen LogP contribution in [0.2, 0.25) is 0 Å². The van der Waals surface area contributed by atoms with Crippen LogP contribution in [-0.2, 0) is 0 Å². The van der Waals surface area contributed by atoms with Crippen molar-refractivity contribution in [2.75, 3.05) is 18.0 Å². The fourth-order valence-corrected chi connectivity index (χ4v) is 2.62. The van der Waals surface area contributed by atoms with Crippen molar-refractivity contribution in [3.63, 3.8) is 0 Å². The lowest BCUT2D eigenvalue weighted by molar-refractivity contribution is 0.216. The van der Waals surface area contributed by atoms with Gasteiger partial charge >= 0.3 is 0 Å². The number of ether oxygens (including phenoxy) is 1. The molecule has 1 aliphatic rings. The lowest BCUT2D eigenvalue weighted by Gasteiger charge is -2.20. The molecular weight excluding hydrogens is 290 g/mol. The first-order valence-corrected chi connectivity index (χ1v) is 7.34. The van der Waals surface area contributed by atoms with Crippen LogP contribution in [0.3, 0.4) is 0 Å². The van der Waals surface area contributed by atoms with Crippen LogP contribution in [0.25, 0.3) is 0 Å². The number of hydrogen-bond acceptors (Lipinski definition) is 6. The quantitative estimate of drug-likeness (QED) is 0.864. The van der Waals surface area contributed by atoms with Gasteiger partial charge in [-0.15, -0.1) is 0 Å². The summed E-state index contributed by atoms with van der Waals surface area (Å²) in [5.41, 5.74) is 2.88. The number of hydrogen-bond donors (Lipinski definition) is 0. The number of nitriles is 2. The van der Waals surface area contributed by atoms with Crippen molar-refractivity contribution in [3.05, 3.63) is 47.4 Å². The van der Waals surface area contributed by atoms with E-state index in [1.807, 2.05) is 19.1 Å². The van der Waals surface area contributed by atoms with E-state index in [4.69, 9.17) is 10.00 Å². The molecule has 6 heteroatoms. The molecule has 0 bridgehead atoms. The minimum Gasteiger partial charge on any atom is -0.472 e. The summed E-state index contributed by atoms with van der Waals surface area (Å²) in [6.07, 6.45) is 3.98. The fourth-order valence-electron chi connectivity index (χ4n) is 2.62. The maximum Gasteiger partial charge on any atom is 0.213 e. The van der Waals surface area contributed by atoms with Gasteiger partial charge in [0.2, 0.25) is 5.88 Å². The monoisotopic (exact) mass is 305 g/mol. The van der Waals surface area contributed by atoms with Gasteiger partial charge in [0.15, 0.2) is 0 Å². The van der Waals surface area contributed by atoms with Crippen molar-refractivity contribution >= 4 is 5.69 Å². The van der Waals surface area contributed by atoms with Gasteiger partial charge in [0.25, 0.3) is 0 Å². The molecule has 0 spiro atoms. The predicted molar refractivity (Wildman–Crippen MR) is 83.9 cm³/mol. The number of aromatic nitrogens is 2. The average Bonchev–Trinajstić information content (AvgIpc) is 3.04. The van der Waals surface area contributed by atoms with Gasteiger partial charge in [0, 0.05) is 37.1 Å². The lowest BCUT2D eigenvalue weighted by Crippen LogP contribution is -2.25. The van der Waals surface area contributed by atoms with Gasteiger partial charge in [-0.2, -0.15) is 10.5 Å². The zero-order chi connectivity index (χ0) is 16.2. The van der Waals surface area contributed by atoms with E-state index in [0.717, 1.165) is 24.3 Å². The molecule has 0 aliphatic carbocycles. The van der Waals surface area contributed by atoms with Crippen LogP contribution in [0, 0.1) is 29.6 Å². The van der Waals surface area contributed by atoms with Gasteiger partial charge in [0.1, 0.15) is 18.2 Å². The molecule has 0 saturated carbocycles. The molecule has 6 nitrogen and oxygen atoms in total. The molecular formula is C17H15N5O. The molecule has 2 aromatic heterocycles. The summed E-state index contributed by atoms with van der Waals surface area (Å²) in [6, 6.07) is 9.55. The maximum absolute atomic E-state index is 9.24. The van der Waals surface area contributed by atoms with E-state index in [-0.39, 0.29) is 6.10 Å². The van der Waals surface area contributed by atoms with Crippen LogP contribution < -0.4 is 9.64 Å². The summed E-state index contributed by atoms with van der Waals surface area (Å²) >= 11 is 0. The van der Waals surface area contributed by atoms with Crippen LogP contribution in [0.5, 0.6) is 5.88 Å². The van der Waals surface area contributed by atoms with Crippen LogP contribution in [0.4, 0.5) is 5.69 Å². The van der Waals surface area contributed by atoms with E-state index in [9.17, 15) is 5.26 Å². The molecule has 3 rings (SSSR count). The first-order valence-electron chi connectivity index (χ1n) is 7.34. The highest BCUT2D eigenvalue weighted by Crippen LogP contribution is 2.26. The van der Waals surface area contributed by atoms with E-state index in [1.54, 1.807) is 18.3 Å². The second-order valence-corrected chi connectivity index (χ2v) is 5.43. The Morgan fingerprint density at radius 3 is 2.78 bits per heavy atom. The zero-order valence-corrected chi connectivity index (χ0v) is 12.7. The fraction of sp³-hybridized carbons (Fsp3) is 0.294. The molecule has 0 amide bonds. The van der Waals surface area contributed by atoms with Crippen LogP contribution >= 0.6 is 0 Å². The third-order valence-electron chi connectivity index (χ3n) is 3.78. The van der Waals surface area contributed by atoms with E-state index in [2.05, 4.69) is 20.9 Å². The standard InChI is InChI=1S/C17H15N5O/c1-12-6-16(14(8-19)10-20-12)22-5-4-15(11-22)23-17-3-2-13(7-18)9-21-17/h2-3,6,9-10,15H,4-5,11H2,1H3/t15-/m0/s1. The molecule has 1 saturated heterocycles. The van der Waals surface area contributed by atoms with Crippen LogP contribution in [-0.4, -0.2) is 29.2 Å². The Bertz CT molecular complexity index is 788. The van der Waals surface area contributed by atoms with Gasteiger partial charge in [-0.3, -0.25) is 4.98 Å². The summed E-state index contributed by atoms with van der Waals surface area (Å²) in [5.74, 6) is 0.516. The molecule has 2 aromatic rings. The summed E-state index contributed by atoms with van der Waals surface area (Å²) in [6.45, 7) is 3.42. The average molecular weight is 305 g/mol. The van der Waals surface area contributed by atoms with Crippen molar-refractivity contribution < 1.29 is 4.74 Å². The number of nitrogens with zero attached hydrogens (tertiary/aromatic N) is 5. The van der Waals surface area contributed by atoms with E-state index >= 15 is 0 Å². The molecule has 1 atom stereocenters. The Morgan fingerprint density at radius 2 is 2.09 bits per heavy atom. The maximum atomic E-state index is 9.24. The summed E-state index contributed by atoms with van der Waals surface area (Å²) in [4.78, 5) is 10.4. The van der Waals surface area contributed by atoms with Gasteiger partial charge in [-0.1, -0.05) is 0 Å². The molecule has 0 unspecified atom stereocenters. The van der Waals surface area contributed by atoms with Crippen molar-refractivity contribution in [1.29, 1.82) is 10.5 Å². The molecule has 0 radical (unpaired) electrons. The smallest absolute Gasteiger partial charge is 0.213 e. The molecule has 1 fully saturated rings. The zero-order valence-electron chi connectivity index (χ0n) is 12.7. The number of anilines is 1. The molecule has 114 valence electrons. The number of pyridine rings is 2. The van der Waals surface area contributed by atoms with Crippen molar-refractivity contribution in [3.8, 4) is 18.0 Å². The number of rotatable bonds is 3. The van der Waals surface area contributed by atoms with Gasteiger partial charge < -0.3 is 9.64 Å². The first-order chi connectivity index (χ1) is 11.2. The SMILES string of the molecule is Cc1cc(N2CC[C@H](Oc3ccc(C#N)cn3)C2)c(C#N)cn1. The third-order valence-corrected chi connectivity index (χ3v) is 3.78. The predicted octanol–water partition coefficient (Wildman–Crippen LogP) is 2.19. The Balaban J connectivity index is 1.70. The second kappa shape index (κ2) is 6.33. The summed E-state index contributed by atoms with van der Waals surface area (Å²) in [5, 5.41) is 18.0. The Morgan fingerprint density at radius 1 is 1.22 bits per heavy atom. The minimum absolute atomic E-state index is 0.00968. The van der Waals surface area contributed by atoms with Crippen molar-refractivity contribution in [2.24, 2.45) is 0 Å². The molecule has 0 aromatic carbocycles. The van der Waals surface area contributed by atoms with Gasteiger partial charge in [-0.05, 0) is 19.1 Å². The van der Waals surface area contributed by atoms with Gasteiger partial charge in [-0.25, -0.2) is 4.98 Å². The summed E-state index contributed by atoms with van der Waals surface area (Å²) < 4.78 is 5.87. The molecule has 3 heterocycles. The molecule has 1 aliphatic heterocycles. The van der Waals surface area contributed by atoms with Crippen LogP contribution in [0.1, 0.15) is 23.2 Å². The molecule has 23 heavy (non-hydrogen) atoms. The third kappa shape index (κ3) is 3.22. The normalized spacial score (nSPS) is 16.7. The van der Waals surface area contributed by atoms with Crippen molar-refractivity contribution in [1.82, 2.24) is 9.97 Å².